The molecular formula is C24H22ClN5O5. The van der Waals surface area contributed by atoms with Crippen molar-refractivity contribution >= 4 is 52.5 Å². The summed E-state index contributed by atoms with van der Waals surface area (Å²) >= 11 is 5.76. The minimum Gasteiger partial charge on any atom is -0.351 e. The van der Waals surface area contributed by atoms with Crippen LogP contribution in [-0.4, -0.2) is 45.5 Å². The van der Waals surface area contributed by atoms with E-state index >= 15 is 0 Å². The third kappa shape index (κ3) is 5.55. The Morgan fingerprint density at radius 1 is 1.20 bits per heavy atom. The van der Waals surface area contributed by atoms with Gasteiger partial charge in [0.1, 0.15) is 16.9 Å². The second-order valence-corrected chi connectivity index (χ2v) is 8.70. The van der Waals surface area contributed by atoms with Gasteiger partial charge in [-0.3, -0.25) is 34.2 Å². The average Bonchev–Trinajstić information content (AvgIpc) is 3.08. The average molecular weight is 496 g/mol. The number of hydrogen-bond donors (Lipinski definition) is 3. The predicted octanol–water partition coefficient (Wildman–Crippen LogP) is 2.34. The summed E-state index contributed by atoms with van der Waals surface area (Å²) < 4.78 is 0. The van der Waals surface area contributed by atoms with E-state index in [2.05, 4.69) is 20.9 Å². The first kappa shape index (κ1) is 24.1. The molecule has 2 aliphatic rings. The van der Waals surface area contributed by atoms with Gasteiger partial charge in [-0.15, -0.1) is 0 Å². The molecule has 0 radical (unpaired) electrons. The monoisotopic (exact) mass is 495 g/mol. The van der Waals surface area contributed by atoms with Crippen LogP contribution < -0.4 is 16.0 Å². The number of halogens is 1. The van der Waals surface area contributed by atoms with Crippen LogP contribution in [-0.2, 0) is 24.0 Å². The summed E-state index contributed by atoms with van der Waals surface area (Å²) in [6.45, 7) is 1.90. The normalized spacial score (nSPS) is 18.7. The molecule has 11 heteroatoms. The van der Waals surface area contributed by atoms with Crippen molar-refractivity contribution in [3.63, 3.8) is 0 Å². The zero-order chi connectivity index (χ0) is 25.1. The van der Waals surface area contributed by atoms with Crippen LogP contribution in [0.3, 0.4) is 0 Å². The van der Waals surface area contributed by atoms with E-state index < -0.39 is 29.7 Å². The molecule has 35 heavy (non-hydrogen) atoms. The zero-order valence-corrected chi connectivity index (χ0v) is 19.5. The van der Waals surface area contributed by atoms with Crippen molar-refractivity contribution in [2.75, 3.05) is 10.6 Å². The van der Waals surface area contributed by atoms with E-state index in [0.717, 1.165) is 16.5 Å². The van der Waals surface area contributed by atoms with E-state index in [0.29, 0.717) is 16.5 Å². The lowest BCUT2D eigenvalue weighted by atomic mass is 9.97. The Hall–Kier alpha value is -4.05. The van der Waals surface area contributed by atoms with Crippen LogP contribution in [0.25, 0.3) is 0 Å². The maximum absolute atomic E-state index is 12.8. The van der Waals surface area contributed by atoms with Crippen LogP contribution in [0.15, 0.2) is 54.4 Å². The van der Waals surface area contributed by atoms with Crippen LogP contribution >= 0.6 is 11.6 Å². The lowest BCUT2D eigenvalue weighted by Gasteiger charge is -2.28. The second kappa shape index (κ2) is 10.1. The van der Waals surface area contributed by atoms with Crippen molar-refractivity contribution < 1.29 is 24.0 Å². The zero-order valence-electron chi connectivity index (χ0n) is 18.7. The molecule has 5 amide bonds. The molecule has 0 bridgehead atoms. The third-order valence-corrected chi connectivity index (χ3v) is 5.94. The number of benzene rings is 1. The van der Waals surface area contributed by atoms with E-state index in [1.54, 1.807) is 30.3 Å². The van der Waals surface area contributed by atoms with Gasteiger partial charge in [0.15, 0.2) is 0 Å². The van der Waals surface area contributed by atoms with Gasteiger partial charge in [-0.25, -0.2) is 4.98 Å². The van der Waals surface area contributed by atoms with Crippen molar-refractivity contribution in [1.29, 1.82) is 0 Å². The molecule has 1 aromatic carbocycles. The van der Waals surface area contributed by atoms with Gasteiger partial charge >= 0.3 is 0 Å². The molecule has 1 fully saturated rings. The molecule has 3 heterocycles. The van der Waals surface area contributed by atoms with Crippen LogP contribution in [0.1, 0.15) is 37.7 Å². The Bertz CT molecular complexity index is 1240. The fourth-order valence-electron chi connectivity index (χ4n) is 3.93. The van der Waals surface area contributed by atoms with E-state index in [1.807, 2.05) is 13.0 Å². The van der Waals surface area contributed by atoms with E-state index in [4.69, 9.17) is 11.6 Å². The number of carbonyl (C=O) groups excluding carboxylic acids is 5. The SMILES string of the molecule is CC(CC(=O)Nc1ccc(Cl)nc1)c1cccc(NC2=CC(=O)N(C3CCC(=O)NC3=O)C2=O)c1. The highest BCUT2D eigenvalue weighted by atomic mass is 35.5. The summed E-state index contributed by atoms with van der Waals surface area (Å²) in [6, 6.07) is 9.37. The molecule has 4 rings (SSSR count). The topological polar surface area (TPSA) is 138 Å². The fraction of sp³-hybridized carbons (Fsp3) is 0.250. The highest BCUT2D eigenvalue weighted by Gasteiger charge is 2.42. The number of hydrogen-bond acceptors (Lipinski definition) is 7. The molecule has 180 valence electrons. The van der Waals surface area contributed by atoms with Gasteiger partial charge in [-0.2, -0.15) is 0 Å². The number of imide groups is 2. The Morgan fingerprint density at radius 2 is 2.00 bits per heavy atom. The van der Waals surface area contributed by atoms with Crippen LogP contribution in [0.4, 0.5) is 11.4 Å². The molecule has 2 unspecified atom stereocenters. The molecule has 2 aromatic rings. The minimum atomic E-state index is -1.02. The number of pyridine rings is 1. The van der Waals surface area contributed by atoms with Gasteiger partial charge in [0.25, 0.3) is 11.8 Å². The van der Waals surface area contributed by atoms with Crippen molar-refractivity contribution in [1.82, 2.24) is 15.2 Å². The van der Waals surface area contributed by atoms with E-state index in [1.165, 1.54) is 6.20 Å². The molecule has 1 saturated heterocycles. The van der Waals surface area contributed by atoms with Gasteiger partial charge in [0, 0.05) is 24.6 Å². The third-order valence-electron chi connectivity index (χ3n) is 5.71. The molecule has 0 spiro atoms. The number of aromatic nitrogens is 1. The summed E-state index contributed by atoms with van der Waals surface area (Å²) in [6.07, 6.45) is 2.95. The molecule has 2 aliphatic heterocycles. The van der Waals surface area contributed by atoms with Crippen LogP contribution in [0.2, 0.25) is 5.15 Å². The van der Waals surface area contributed by atoms with Crippen molar-refractivity contribution in [2.45, 2.75) is 38.1 Å². The first-order valence-corrected chi connectivity index (χ1v) is 11.3. The number of carbonyl (C=O) groups is 5. The Labute approximate surface area is 205 Å². The Kier molecular flexibility index (Phi) is 6.92. The van der Waals surface area contributed by atoms with Crippen molar-refractivity contribution in [2.24, 2.45) is 0 Å². The second-order valence-electron chi connectivity index (χ2n) is 8.31. The number of anilines is 2. The largest absolute Gasteiger partial charge is 0.351 e. The summed E-state index contributed by atoms with van der Waals surface area (Å²) in [4.78, 5) is 66.0. The molecular weight excluding hydrogens is 474 g/mol. The maximum atomic E-state index is 12.8. The summed E-state index contributed by atoms with van der Waals surface area (Å²) in [5, 5.41) is 8.19. The number of rotatable bonds is 7. The molecule has 1 aromatic heterocycles. The van der Waals surface area contributed by atoms with Crippen molar-refractivity contribution in [3.05, 3.63) is 65.1 Å². The molecule has 0 aliphatic carbocycles. The standard InChI is InChI=1S/C24H22ClN5O5/c1-13(9-21(32)28-16-5-7-19(25)26-12-16)14-3-2-4-15(10-14)27-17-11-22(33)30(24(17)35)18-6-8-20(31)29-23(18)34/h2-5,7,10-13,18,27H,6,8-9H2,1H3,(H,28,32)(H,29,31,34). The smallest absolute Gasteiger partial charge is 0.278 e. The number of piperidine rings is 1. The molecule has 10 nitrogen and oxygen atoms in total. The van der Waals surface area contributed by atoms with Gasteiger partial charge in [0.05, 0.1) is 11.9 Å². The summed E-state index contributed by atoms with van der Waals surface area (Å²) in [5.74, 6) is -2.70. The first-order valence-electron chi connectivity index (χ1n) is 10.9. The summed E-state index contributed by atoms with van der Waals surface area (Å²) in [5.41, 5.74) is 1.96. The van der Waals surface area contributed by atoms with Crippen LogP contribution in [0.5, 0.6) is 0 Å². The van der Waals surface area contributed by atoms with Crippen LogP contribution in [0, 0.1) is 0 Å². The Balaban J connectivity index is 1.39. The fourth-order valence-corrected chi connectivity index (χ4v) is 4.05. The van der Waals surface area contributed by atoms with Gasteiger partial charge in [-0.05, 0) is 42.2 Å². The quantitative estimate of drug-likeness (QED) is 0.396. The molecule has 0 saturated carbocycles. The first-order chi connectivity index (χ1) is 16.7. The molecule has 2 atom stereocenters. The number of nitrogens with zero attached hydrogens (tertiary/aromatic N) is 2. The van der Waals surface area contributed by atoms with Gasteiger partial charge in [0.2, 0.25) is 17.7 Å². The highest BCUT2D eigenvalue weighted by molar-refractivity contribution is 6.29. The van der Waals surface area contributed by atoms with E-state index in [-0.39, 0.29) is 36.8 Å². The summed E-state index contributed by atoms with van der Waals surface area (Å²) in [7, 11) is 0. The lowest BCUT2D eigenvalue weighted by molar-refractivity contribution is -0.149. The number of nitrogens with one attached hydrogen (secondary N) is 3. The van der Waals surface area contributed by atoms with E-state index in [9.17, 15) is 24.0 Å². The maximum Gasteiger partial charge on any atom is 0.278 e. The minimum absolute atomic E-state index is 0.0254. The Morgan fingerprint density at radius 3 is 2.71 bits per heavy atom. The van der Waals surface area contributed by atoms with Gasteiger partial charge in [-0.1, -0.05) is 30.7 Å². The van der Waals surface area contributed by atoms with Crippen molar-refractivity contribution in [3.8, 4) is 0 Å². The van der Waals surface area contributed by atoms with Gasteiger partial charge < -0.3 is 10.6 Å². The predicted molar refractivity (Wildman–Crippen MR) is 127 cm³/mol. The molecule has 3 N–H and O–H groups in total. The number of amides is 5. The lowest BCUT2D eigenvalue weighted by Crippen LogP contribution is -2.54. The highest BCUT2D eigenvalue weighted by Crippen LogP contribution is 2.26.